The van der Waals surface area contributed by atoms with Crippen LogP contribution in [0.4, 0.5) is 0 Å². The summed E-state index contributed by atoms with van der Waals surface area (Å²) in [6.07, 6.45) is 3.10. The Hall–Kier alpha value is -4.91. The average Bonchev–Trinajstić information content (AvgIpc) is 3.00. The molecule has 13 nitrogen and oxygen atoms in total. The standard InChI is InChI=1S/C32H41N5O8/c1-4-42-29(39)18-24(37-31(40)21-8-10-25(11-9-21)45-26-12-14-35-15-13-26)19-44-28-17-23(30(33)34)7-6-22(28)16-27(36-20(3)38)32(41)43-5-2/h6-11,16-17,24,26,35H,4-5,12-15,18-19H2,1-3H3,(H3,33,34)(H,36,38)(H,37,40)/b27-16+/t24-/m1/s1. The van der Waals surface area contributed by atoms with E-state index in [1.165, 1.54) is 19.1 Å². The zero-order valence-electron chi connectivity index (χ0n) is 25.8. The molecule has 0 unspecified atom stereocenters. The fourth-order valence-electron chi connectivity index (χ4n) is 4.47. The Morgan fingerprint density at radius 1 is 1.02 bits per heavy atom. The van der Waals surface area contributed by atoms with Crippen molar-refractivity contribution in [1.82, 2.24) is 16.0 Å². The van der Waals surface area contributed by atoms with E-state index in [2.05, 4.69) is 16.0 Å². The topological polar surface area (TPSA) is 191 Å². The largest absolute Gasteiger partial charge is 0.491 e. The van der Waals surface area contributed by atoms with Crippen molar-refractivity contribution < 1.29 is 38.1 Å². The van der Waals surface area contributed by atoms with Gasteiger partial charge in [-0.15, -0.1) is 0 Å². The number of carbonyl (C=O) groups is 4. The number of carbonyl (C=O) groups excluding carboxylic acids is 4. The summed E-state index contributed by atoms with van der Waals surface area (Å²) >= 11 is 0. The molecule has 1 fully saturated rings. The highest BCUT2D eigenvalue weighted by Crippen LogP contribution is 2.24. The summed E-state index contributed by atoms with van der Waals surface area (Å²) < 4.78 is 22.2. The fraction of sp³-hybridized carbons (Fsp3) is 0.406. The van der Waals surface area contributed by atoms with Crippen LogP contribution in [-0.4, -0.2) is 74.6 Å². The number of hydrogen-bond acceptors (Lipinski definition) is 10. The molecule has 242 valence electrons. The number of esters is 2. The van der Waals surface area contributed by atoms with Gasteiger partial charge in [0.15, 0.2) is 0 Å². The molecule has 2 aromatic carbocycles. The van der Waals surface area contributed by atoms with E-state index in [1.54, 1.807) is 50.2 Å². The van der Waals surface area contributed by atoms with Crippen LogP contribution in [0.2, 0.25) is 0 Å². The van der Waals surface area contributed by atoms with Crippen molar-refractivity contribution in [2.24, 2.45) is 5.73 Å². The van der Waals surface area contributed by atoms with Crippen LogP contribution in [0.1, 0.15) is 61.5 Å². The third-order valence-electron chi connectivity index (χ3n) is 6.63. The fourth-order valence-corrected chi connectivity index (χ4v) is 4.47. The van der Waals surface area contributed by atoms with Gasteiger partial charge in [0.25, 0.3) is 5.91 Å². The number of ether oxygens (including phenoxy) is 4. The zero-order chi connectivity index (χ0) is 32.8. The number of nitrogen functional groups attached to an aromatic ring is 1. The van der Waals surface area contributed by atoms with Gasteiger partial charge in [-0.2, -0.15) is 0 Å². The van der Waals surface area contributed by atoms with Crippen molar-refractivity contribution in [1.29, 1.82) is 5.41 Å². The van der Waals surface area contributed by atoms with Gasteiger partial charge in [-0.1, -0.05) is 12.1 Å². The third kappa shape index (κ3) is 11.3. The zero-order valence-corrected chi connectivity index (χ0v) is 25.8. The van der Waals surface area contributed by atoms with Gasteiger partial charge >= 0.3 is 11.9 Å². The summed E-state index contributed by atoms with van der Waals surface area (Å²) in [5, 5.41) is 16.4. The maximum Gasteiger partial charge on any atom is 0.354 e. The summed E-state index contributed by atoms with van der Waals surface area (Å²) in [7, 11) is 0. The van der Waals surface area contributed by atoms with Crippen LogP contribution in [0.5, 0.6) is 11.5 Å². The van der Waals surface area contributed by atoms with Crippen LogP contribution < -0.4 is 31.2 Å². The van der Waals surface area contributed by atoms with E-state index in [0.717, 1.165) is 25.9 Å². The van der Waals surface area contributed by atoms with Gasteiger partial charge in [0, 0.05) is 23.6 Å². The maximum atomic E-state index is 13.2. The number of amidine groups is 1. The number of amides is 2. The minimum absolute atomic E-state index is 0.0889. The molecule has 0 saturated carbocycles. The second-order valence-electron chi connectivity index (χ2n) is 10.2. The van der Waals surface area contributed by atoms with Crippen LogP contribution >= 0.6 is 0 Å². The van der Waals surface area contributed by atoms with Crippen molar-refractivity contribution in [2.75, 3.05) is 32.9 Å². The monoisotopic (exact) mass is 623 g/mol. The van der Waals surface area contributed by atoms with Crippen LogP contribution in [0.25, 0.3) is 6.08 Å². The Balaban J connectivity index is 1.82. The lowest BCUT2D eigenvalue weighted by molar-refractivity contribution is -0.144. The van der Waals surface area contributed by atoms with Crippen LogP contribution in [0.3, 0.4) is 0 Å². The lowest BCUT2D eigenvalue weighted by Crippen LogP contribution is -2.41. The summed E-state index contributed by atoms with van der Waals surface area (Å²) in [5.74, 6) is -1.60. The molecule has 1 heterocycles. The van der Waals surface area contributed by atoms with Crippen molar-refractivity contribution in [2.45, 2.75) is 52.2 Å². The first kappa shape index (κ1) is 34.6. The molecule has 3 rings (SSSR count). The predicted molar refractivity (Wildman–Crippen MR) is 167 cm³/mol. The lowest BCUT2D eigenvalue weighted by atomic mass is 10.1. The van der Waals surface area contributed by atoms with Gasteiger partial charge in [0.05, 0.1) is 25.7 Å². The van der Waals surface area contributed by atoms with Crippen molar-refractivity contribution in [3.8, 4) is 11.5 Å². The summed E-state index contributed by atoms with van der Waals surface area (Å²) in [4.78, 5) is 49.8. The first-order chi connectivity index (χ1) is 21.6. The molecule has 1 aliphatic rings. The van der Waals surface area contributed by atoms with E-state index in [1.807, 2.05) is 0 Å². The van der Waals surface area contributed by atoms with Crippen LogP contribution in [0.15, 0.2) is 48.2 Å². The second-order valence-corrected chi connectivity index (χ2v) is 10.2. The molecule has 0 bridgehead atoms. The third-order valence-corrected chi connectivity index (χ3v) is 6.63. The normalized spacial score (nSPS) is 14.1. The van der Waals surface area contributed by atoms with Crippen molar-refractivity contribution in [3.05, 3.63) is 64.9 Å². The number of benzene rings is 2. The van der Waals surface area contributed by atoms with Gasteiger partial charge in [-0.3, -0.25) is 19.8 Å². The molecule has 6 N–H and O–H groups in total. The van der Waals surface area contributed by atoms with E-state index < -0.39 is 29.8 Å². The van der Waals surface area contributed by atoms with E-state index in [0.29, 0.717) is 22.4 Å². The number of rotatable bonds is 15. The Morgan fingerprint density at radius 2 is 1.69 bits per heavy atom. The van der Waals surface area contributed by atoms with Crippen molar-refractivity contribution >= 4 is 35.7 Å². The molecule has 2 aromatic rings. The van der Waals surface area contributed by atoms with Gasteiger partial charge in [-0.25, -0.2) is 4.79 Å². The number of hydrogen-bond donors (Lipinski definition) is 5. The molecular formula is C32H41N5O8. The molecular weight excluding hydrogens is 582 g/mol. The number of piperidine rings is 1. The van der Waals surface area contributed by atoms with Gasteiger partial charge in [0.2, 0.25) is 5.91 Å². The minimum Gasteiger partial charge on any atom is -0.491 e. The van der Waals surface area contributed by atoms with Gasteiger partial charge < -0.3 is 40.6 Å². The predicted octanol–water partition coefficient (Wildman–Crippen LogP) is 2.27. The Labute approximate surface area is 262 Å². The van der Waals surface area contributed by atoms with Gasteiger partial charge in [-0.05, 0) is 76.2 Å². The molecule has 0 aliphatic carbocycles. The lowest BCUT2D eigenvalue weighted by Gasteiger charge is -2.24. The molecule has 0 aromatic heterocycles. The quantitative estimate of drug-likeness (QED) is 0.0851. The molecule has 45 heavy (non-hydrogen) atoms. The van der Waals surface area contributed by atoms with Crippen LogP contribution in [0, 0.1) is 5.41 Å². The Kier molecular flexibility index (Phi) is 13.4. The SMILES string of the molecule is CCOC(=O)C[C@H](COc1cc(C(=N)N)ccc1/C=C(/NC(C)=O)C(=O)OCC)NC(=O)c1ccc(OC2CCNCC2)cc1. The maximum absolute atomic E-state index is 13.2. The molecule has 1 saturated heterocycles. The summed E-state index contributed by atoms with van der Waals surface area (Å²) in [6.45, 7) is 6.42. The molecule has 13 heteroatoms. The van der Waals surface area contributed by atoms with E-state index in [4.69, 9.17) is 30.1 Å². The molecule has 1 aliphatic heterocycles. The van der Waals surface area contributed by atoms with Crippen molar-refractivity contribution in [3.63, 3.8) is 0 Å². The van der Waals surface area contributed by atoms with E-state index in [-0.39, 0.29) is 49.6 Å². The second kappa shape index (κ2) is 17.4. The average molecular weight is 624 g/mol. The smallest absolute Gasteiger partial charge is 0.354 e. The highest BCUT2D eigenvalue weighted by molar-refractivity contribution is 5.99. The first-order valence-electron chi connectivity index (χ1n) is 14.8. The highest BCUT2D eigenvalue weighted by atomic mass is 16.5. The minimum atomic E-state index is -0.820. The molecule has 0 radical (unpaired) electrons. The molecule has 2 amide bonds. The highest BCUT2D eigenvalue weighted by Gasteiger charge is 2.21. The summed E-state index contributed by atoms with van der Waals surface area (Å²) in [6, 6.07) is 10.5. The summed E-state index contributed by atoms with van der Waals surface area (Å²) in [5.41, 5.74) is 6.60. The van der Waals surface area contributed by atoms with Crippen LogP contribution in [-0.2, 0) is 23.9 Å². The number of nitrogens with two attached hydrogens (primary N) is 1. The Morgan fingerprint density at radius 3 is 2.31 bits per heavy atom. The Bertz CT molecular complexity index is 1390. The van der Waals surface area contributed by atoms with E-state index >= 15 is 0 Å². The molecule has 0 spiro atoms. The van der Waals surface area contributed by atoms with E-state index in [9.17, 15) is 19.2 Å². The molecule has 1 atom stereocenters. The first-order valence-corrected chi connectivity index (χ1v) is 14.8. The number of nitrogens with one attached hydrogen (secondary N) is 4. The van der Waals surface area contributed by atoms with Gasteiger partial charge in [0.1, 0.15) is 35.7 Å².